The van der Waals surface area contributed by atoms with Crippen molar-refractivity contribution in [1.29, 1.82) is 0 Å². The highest BCUT2D eigenvalue weighted by Crippen LogP contribution is 2.39. The van der Waals surface area contributed by atoms with Crippen LogP contribution in [0.3, 0.4) is 0 Å². The first-order valence-corrected chi connectivity index (χ1v) is 11.0. The predicted molar refractivity (Wildman–Crippen MR) is 121 cm³/mol. The summed E-state index contributed by atoms with van der Waals surface area (Å²) in [4.78, 5) is 12.4. The van der Waals surface area contributed by atoms with Crippen molar-refractivity contribution in [3.63, 3.8) is 0 Å². The summed E-state index contributed by atoms with van der Waals surface area (Å²) in [5.41, 5.74) is 1.18. The number of rotatable bonds is 12. The predicted octanol–water partition coefficient (Wildman–Crippen LogP) is 5.41. The van der Waals surface area contributed by atoms with Crippen LogP contribution < -0.4 is 11.2 Å². The summed E-state index contributed by atoms with van der Waals surface area (Å²) in [6.45, 7) is 13.8. The molecule has 29 heavy (non-hydrogen) atoms. The first kappa shape index (κ1) is 25.4. The molecule has 1 aromatic carbocycles. The topological polar surface area (TPSA) is 78.6 Å². The highest BCUT2D eigenvalue weighted by Gasteiger charge is 2.29. The third kappa shape index (κ3) is 9.18. The first-order chi connectivity index (χ1) is 13.5. The number of nitrogens with zero attached hydrogens (tertiary/aromatic N) is 1. The number of benzene rings is 1. The van der Waals surface area contributed by atoms with Crippen molar-refractivity contribution in [2.45, 2.75) is 92.2 Å². The van der Waals surface area contributed by atoms with Crippen LogP contribution in [0.1, 0.15) is 91.7 Å². The Balaban J connectivity index is 2.48. The molecular weight excluding hydrogens is 362 g/mol. The number of unbranched alkanes of at least 4 members (excludes halogenated alkanes) is 2. The van der Waals surface area contributed by atoms with Gasteiger partial charge in [-0.15, -0.1) is 0 Å². The van der Waals surface area contributed by atoms with Gasteiger partial charge in [-0.1, -0.05) is 84.2 Å². The lowest BCUT2D eigenvalue weighted by molar-refractivity contribution is 0.0734. The van der Waals surface area contributed by atoms with Crippen molar-refractivity contribution in [3.8, 4) is 0 Å². The molecule has 2 amide bonds. The molecule has 0 radical (unpaired) electrons. The summed E-state index contributed by atoms with van der Waals surface area (Å²) in [7, 11) is 0. The number of nitrogens with one attached hydrogen (secondary N) is 1. The van der Waals surface area contributed by atoms with E-state index in [2.05, 4.69) is 39.9 Å². The fraction of sp³-hybridized carbons (Fsp3) is 0.708. The smallest absolute Gasteiger partial charge is 0.331 e. The van der Waals surface area contributed by atoms with E-state index in [9.17, 15) is 9.90 Å². The Bertz CT molecular complexity index is 601. The van der Waals surface area contributed by atoms with Crippen LogP contribution in [0.5, 0.6) is 0 Å². The van der Waals surface area contributed by atoms with Gasteiger partial charge >= 0.3 is 6.03 Å². The molecule has 0 aliphatic rings. The number of nitrogens with two attached hydrogens (primary N) is 1. The number of urea groups is 1. The molecule has 0 spiro atoms. The van der Waals surface area contributed by atoms with Gasteiger partial charge < -0.3 is 10.4 Å². The minimum Gasteiger partial charge on any atom is -0.386 e. The Morgan fingerprint density at radius 3 is 2.28 bits per heavy atom. The van der Waals surface area contributed by atoms with Crippen molar-refractivity contribution >= 4 is 6.03 Å². The zero-order valence-corrected chi connectivity index (χ0v) is 19.4. The van der Waals surface area contributed by atoms with E-state index < -0.39 is 12.1 Å². The summed E-state index contributed by atoms with van der Waals surface area (Å²) in [5, 5.41) is 14.5. The highest BCUT2D eigenvalue weighted by atomic mass is 16.3. The van der Waals surface area contributed by atoms with E-state index >= 15 is 0 Å². The summed E-state index contributed by atoms with van der Waals surface area (Å²) < 4.78 is 0. The number of carbonyl (C=O) groups excluding carboxylic acids is 1. The maximum Gasteiger partial charge on any atom is 0.331 e. The number of aliphatic hydroxyl groups excluding tert-OH is 1. The lowest BCUT2D eigenvalue weighted by atomic mass is 9.71. The average molecular weight is 406 g/mol. The number of amides is 2. The van der Waals surface area contributed by atoms with Gasteiger partial charge in [-0.3, -0.25) is 5.01 Å². The second-order valence-electron chi connectivity index (χ2n) is 9.95. The molecule has 0 fully saturated rings. The van der Waals surface area contributed by atoms with E-state index in [0.29, 0.717) is 12.0 Å². The molecule has 5 nitrogen and oxygen atoms in total. The van der Waals surface area contributed by atoms with Crippen LogP contribution in [0.4, 0.5) is 4.79 Å². The van der Waals surface area contributed by atoms with Gasteiger partial charge in [0.2, 0.25) is 0 Å². The molecule has 0 aliphatic heterocycles. The summed E-state index contributed by atoms with van der Waals surface area (Å²) >= 11 is 0. The molecular formula is C24H43N3O2. The molecule has 5 heteroatoms. The summed E-state index contributed by atoms with van der Waals surface area (Å²) in [5.74, 6) is 5.98. The maximum absolute atomic E-state index is 12.4. The van der Waals surface area contributed by atoms with E-state index in [1.54, 1.807) is 6.92 Å². The fourth-order valence-corrected chi connectivity index (χ4v) is 4.19. The van der Waals surface area contributed by atoms with Gasteiger partial charge in [0.05, 0.1) is 6.04 Å². The lowest BCUT2D eigenvalue weighted by Crippen LogP contribution is -2.52. The van der Waals surface area contributed by atoms with Crippen LogP contribution in [0.2, 0.25) is 0 Å². The molecule has 0 heterocycles. The van der Waals surface area contributed by atoms with E-state index in [1.807, 2.05) is 30.3 Å². The molecule has 0 aliphatic carbocycles. The molecule has 0 unspecified atom stereocenters. The van der Waals surface area contributed by atoms with Gasteiger partial charge in [-0.2, -0.15) is 0 Å². The minimum absolute atomic E-state index is 0.136. The van der Waals surface area contributed by atoms with Crippen molar-refractivity contribution in [1.82, 2.24) is 10.3 Å². The van der Waals surface area contributed by atoms with E-state index in [1.165, 1.54) is 25.7 Å². The fourth-order valence-electron chi connectivity index (χ4n) is 4.19. The van der Waals surface area contributed by atoms with Crippen molar-refractivity contribution < 1.29 is 9.90 Å². The minimum atomic E-state index is -0.827. The number of carbonyl (C=O) groups is 1. The Labute approximate surface area is 178 Å². The standard InChI is InChI=1S/C24H43N3O2/c1-7-8-12-15-23(3,4)18-24(5,6)16-17-26-22(29)27(25)19(2)21(28)20-13-10-9-11-14-20/h9-11,13-14,19,21,28H,7-8,12,15-18,25H2,1-6H3,(H,26,29)/t19-,21-/m1/s1. The summed E-state index contributed by atoms with van der Waals surface area (Å²) in [6, 6.07) is 8.39. The van der Waals surface area contributed by atoms with Gasteiger partial charge in [-0.25, -0.2) is 10.6 Å². The summed E-state index contributed by atoms with van der Waals surface area (Å²) in [6.07, 6.45) is 6.24. The van der Waals surface area contributed by atoms with Gasteiger partial charge in [0.25, 0.3) is 0 Å². The molecule has 0 aromatic heterocycles. The first-order valence-electron chi connectivity index (χ1n) is 11.0. The van der Waals surface area contributed by atoms with E-state index in [-0.39, 0.29) is 11.4 Å². The van der Waals surface area contributed by atoms with Crippen LogP contribution in [0.15, 0.2) is 30.3 Å². The molecule has 166 valence electrons. The number of hydrogen-bond donors (Lipinski definition) is 3. The van der Waals surface area contributed by atoms with Crippen molar-refractivity contribution in [2.24, 2.45) is 16.7 Å². The highest BCUT2D eigenvalue weighted by molar-refractivity contribution is 5.73. The number of hydrogen-bond acceptors (Lipinski definition) is 3. The van der Waals surface area contributed by atoms with Crippen LogP contribution in [-0.4, -0.2) is 28.7 Å². The Kier molecular flexibility index (Phi) is 10.1. The zero-order chi connectivity index (χ0) is 22.1. The molecule has 1 aromatic rings. The van der Waals surface area contributed by atoms with Gasteiger partial charge in [0, 0.05) is 6.54 Å². The monoisotopic (exact) mass is 405 g/mol. The van der Waals surface area contributed by atoms with Gasteiger partial charge in [0.15, 0.2) is 0 Å². The second kappa shape index (κ2) is 11.6. The normalized spacial score (nSPS) is 14.3. The molecule has 2 atom stereocenters. The van der Waals surface area contributed by atoms with Gasteiger partial charge in [0.1, 0.15) is 6.10 Å². The molecule has 0 bridgehead atoms. The Morgan fingerprint density at radius 2 is 1.69 bits per heavy atom. The number of aliphatic hydroxyl groups is 1. The third-order valence-corrected chi connectivity index (χ3v) is 5.76. The van der Waals surface area contributed by atoms with E-state index in [4.69, 9.17) is 5.84 Å². The van der Waals surface area contributed by atoms with Crippen molar-refractivity contribution in [2.75, 3.05) is 6.54 Å². The van der Waals surface area contributed by atoms with Gasteiger partial charge in [-0.05, 0) is 42.6 Å². The zero-order valence-electron chi connectivity index (χ0n) is 19.4. The molecule has 0 saturated carbocycles. The Hall–Kier alpha value is -1.59. The molecule has 4 N–H and O–H groups in total. The van der Waals surface area contributed by atoms with Crippen LogP contribution in [0, 0.1) is 10.8 Å². The lowest BCUT2D eigenvalue weighted by Gasteiger charge is -2.35. The average Bonchev–Trinajstić information content (AvgIpc) is 2.65. The Morgan fingerprint density at radius 1 is 1.10 bits per heavy atom. The van der Waals surface area contributed by atoms with Crippen molar-refractivity contribution in [3.05, 3.63) is 35.9 Å². The van der Waals surface area contributed by atoms with Crippen LogP contribution >= 0.6 is 0 Å². The maximum atomic E-state index is 12.4. The quantitative estimate of drug-likeness (QED) is 0.188. The second-order valence-corrected chi connectivity index (χ2v) is 9.95. The number of hydrazine groups is 1. The SMILES string of the molecule is CCCCCC(C)(C)CC(C)(C)CCNC(=O)N(N)[C@H](C)[C@@H](O)c1ccccc1. The van der Waals surface area contributed by atoms with Crippen LogP contribution in [-0.2, 0) is 0 Å². The molecule has 0 saturated heterocycles. The largest absolute Gasteiger partial charge is 0.386 e. The van der Waals surface area contributed by atoms with E-state index in [0.717, 1.165) is 23.4 Å². The third-order valence-electron chi connectivity index (χ3n) is 5.76. The van der Waals surface area contributed by atoms with Crippen LogP contribution in [0.25, 0.3) is 0 Å². The molecule has 1 rings (SSSR count).